The second-order valence-corrected chi connectivity index (χ2v) is 3.11. The van der Waals surface area contributed by atoms with E-state index in [1.54, 1.807) is 31.3 Å². The van der Waals surface area contributed by atoms with Gasteiger partial charge in [-0.25, -0.2) is 0 Å². The van der Waals surface area contributed by atoms with Crippen molar-refractivity contribution in [2.24, 2.45) is 12.8 Å². The van der Waals surface area contributed by atoms with Crippen LogP contribution in [0.25, 0.3) is 10.9 Å². The van der Waals surface area contributed by atoms with Gasteiger partial charge >= 0.3 is 0 Å². The maximum absolute atomic E-state index is 13.5. The van der Waals surface area contributed by atoms with E-state index in [1.807, 2.05) is 0 Å². The number of nitrogens with zero attached hydrogens (tertiary/aromatic N) is 1. The first-order valence-corrected chi connectivity index (χ1v) is 4.15. The van der Waals surface area contributed by atoms with Crippen LogP contribution in [0.1, 0.15) is 10.4 Å². The smallest absolute Gasteiger partial charge is 0.253 e. The summed E-state index contributed by atoms with van der Waals surface area (Å²) in [6, 6.07) is 6.95. The Balaban J connectivity index is 2.95. The van der Waals surface area contributed by atoms with Gasteiger partial charge in [0.15, 0.2) is 0 Å². The van der Waals surface area contributed by atoms with E-state index in [9.17, 15) is 9.18 Å². The number of aryl methyl sites for hydroxylation is 1. The van der Waals surface area contributed by atoms with E-state index in [0.717, 1.165) is 0 Å². The average molecular weight is 192 g/mol. The number of halogens is 1. The lowest BCUT2D eigenvalue weighted by molar-refractivity contribution is 0.0997. The number of carbonyl (C=O) groups excluding carboxylic acids is 1. The van der Waals surface area contributed by atoms with Crippen molar-refractivity contribution >= 4 is 16.8 Å². The van der Waals surface area contributed by atoms with E-state index < -0.39 is 11.9 Å². The van der Waals surface area contributed by atoms with E-state index >= 15 is 0 Å². The molecular weight excluding hydrogens is 183 g/mol. The minimum absolute atomic E-state index is 0.0388. The molecule has 0 fully saturated rings. The summed E-state index contributed by atoms with van der Waals surface area (Å²) in [5.41, 5.74) is 5.73. The normalized spacial score (nSPS) is 10.7. The molecule has 1 amide bonds. The number of benzene rings is 1. The zero-order valence-corrected chi connectivity index (χ0v) is 7.62. The summed E-state index contributed by atoms with van der Waals surface area (Å²) < 4.78 is 14.8. The minimum Gasteiger partial charge on any atom is -0.365 e. The van der Waals surface area contributed by atoms with Crippen LogP contribution in [0.3, 0.4) is 0 Å². The maximum atomic E-state index is 13.5. The Bertz CT molecular complexity index is 516. The minimum atomic E-state index is -0.737. The Morgan fingerprint density at radius 1 is 1.43 bits per heavy atom. The summed E-state index contributed by atoms with van der Waals surface area (Å²) in [5, 5.41) is 0.556. The van der Waals surface area contributed by atoms with Crippen LogP contribution in [0.4, 0.5) is 4.39 Å². The molecule has 0 aliphatic carbocycles. The standard InChI is InChI=1S/C10H9FN2O/c1-13-7-5-3-2-4-6(7)8(9(13)11)10(12)14/h2-5H,1H3,(H2,12,14). The molecule has 2 N–H and O–H groups in total. The lowest BCUT2D eigenvalue weighted by Crippen LogP contribution is -2.12. The summed E-state index contributed by atoms with van der Waals surface area (Å²) in [5.74, 6) is -1.32. The zero-order chi connectivity index (χ0) is 10.3. The van der Waals surface area contributed by atoms with Crippen molar-refractivity contribution in [1.82, 2.24) is 4.57 Å². The van der Waals surface area contributed by atoms with Gasteiger partial charge in [-0.05, 0) is 6.07 Å². The lowest BCUT2D eigenvalue weighted by atomic mass is 10.2. The van der Waals surface area contributed by atoms with Gasteiger partial charge in [-0.2, -0.15) is 4.39 Å². The van der Waals surface area contributed by atoms with Crippen LogP contribution in [0, 0.1) is 5.95 Å². The molecular formula is C10H9FN2O. The van der Waals surface area contributed by atoms with Crippen molar-refractivity contribution in [1.29, 1.82) is 0 Å². The summed E-state index contributed by atoms with van der Waals surface area (Å²) in [6.45, 7) is 0. The van der Waals surface area contributed by atoms with Crippen LogP contribution >= 0.6 is 0 Å². The quantitative estimate of drug-likeness (QED) is 0.729. The van der Waals surface area contributed by atoms with Crippen LogP contribution in [0.15, 0.2) is 24.3 Å². The Labute approximate surface area is 79.9 Å². The number of carbonyl (C=O) groups is 1. The number of amides is 1. The largest absolute Gasteiger partial charge is 0.365 e. The molecule has 4 heteroatoms. The third kappa shape index (κ3) is 1.00. The summed E-state index contributed by atoms with van der Waals surface area (Å²) >= 11 is 0. The van der Waals surface area contributed by atoms with Crippen molar-refractivity contribution in [3.63, 3.8) is 0 Å². The number of para-hydroxylation sites is 1. The van der Waals surface area contributed by atoms with Crippen molar-refractivity contribution in [2.75, 3.05) is 0 Å². The molecule has 1 heterocycles. The van der Waals surface area contributed by atoms with E-state index in [-0.39, 0.29) is 5.56 Å². The third-order valence-electron chi connectivity index (χ3n) is 2.28. The molecule has 0 saturated heterocycles. The van der Waals surface area contributed by atoms with Gasteiger partial charge in [0.05, 0.1) is 5.52 Å². The van der Waals surface area contributed by atoms with Crippen LogP contribution in [0.5, 0.6) is 0 Å². The van der Waals surface area contributed by atoms with Crippen LogP contribution in [-0.4, -0.2) is 10.5 Å². The molecule has 0 unspecified atom stereocenters. The summed E-state index contributed by atoms with van der Waals surface area (Å²) in [4.78, 5) is 11.0. The summed E-state index contributed by atoms with van der Waals surface area (Å²) in [7, 11) is 1.56. The molecule has 2 aromatic rings. The molecule has 0 saturated carbocycles. The maximum Gasteiger partial charge on any atom is 0.253 e. The molecule has 72 valence electrons. The second-order valence-electron chi connectivity index (χ2n) is 3.11. The van der Waals surface area contributed by atoms with Crippen LogP contribution in [-0.2, 0) is 7.05 Å². The van der Waals surface area contributed by atoms with Gasteiger partial charge in [-0.1, -0.05) is 18.2 Å². The molecule has 1 aromatic heterocycles. The SMILES string of the molecule is Cn1c(F)c(C(N)=O)c2ccccc21. The number of hydrogen-bond donors (Lipinski definition) is 1. The fraction of sp³-hybridized carbons (Fsp3) is 0.100. The van der Waals surface area contributed by atoms with Gasteiger partial charge in [0.1, 0.15) is 5.56 Å². The lowest BCUT2D eigenvalue weighted by Gasteiger charge is -1.93. The molecule has 0 radical (unpaired) electrons. The van der Waals surface area contributed by atoms with Crippen molar-refractivity contribution in [3.05, 3.63) is 35.8 Å². The Morgan fingerprint density at radius 2 is 2.07 bits per heavy atom. The number of primary amides is 1. The third-order valence-corrected chi connectivity index (χ3v) is 2.28. The fourth-order valence-electron chi connectivity index (χ4n) is 1.60. The van der Waals surface area contributed by atoms with Gasteiger partial charge in [-0.15, -0.1) is 0 Å². The van der Waals surface area contributed by atoms with Gasteiger partial charge < -0.3 is 10.3 Å². The van der Waals surface area contributed by atoms with Gasteiger partial charge in [-0.3, -0.25) is 4.79 Å². The highest BCUT2D eigenvalue weighted by Gasteiger charge is 2.18. The topological polar surface area (TPSA) is 48.0 Å². The van der Waals surface area contributed by atoms with Gasteiger partial charge in [0.2, 0.25) is 5.95 Å². The Morgan fingerprint density at radius 3 is 2.71 bits per heavy atom. The van der Waals surface area contributed by atoms with Crippen LogP contribution < -0.4 is 5.73 Å². The Hall–Kier alpha value is -1.84. The van der Waals surface area contributed by atoms with E-state index in [0.29, 0.717) is 10.9 Å². The van der Waals surface area contributed by atoms with Gasteiger partial charge in [0, 0.05) is 12.4 Å². The first-order chi connectivity index (χ1) is 6.63. The van der Waals surface area contributed by atoms with Crippen LogP contribution in [0.2, 0.25) is 0 Å². The molecule has 1 aromatic carbocycles. The summed E-state index contributed by atoms with van der Waals surface area (Å²) in [6.07, 6.45) is 0. The number of aromatic nitrogens is 1. The molecule has 0 atom stereocenters. The number of hydrogen-bond acceptors (Lipinski definition) is 1. The number of rotatable bonds is 1. The predicted octanol–water partition coefficient (Wildman–Crippen LogP) is 1.42. The molecule has 14 heavy (non-hydrogen) atoms. The molecule has 0 aliphatic heterocycles. The Kier molecular flexibility index (Phi) is 1.77. The van der Waals surface area contributed by atoms with Gasteiger partial charge in [0.25, 0.3) is 5.91 Å². The van der Waals surface area contributed by atoms with Crippen molar-refractivity contribution in [2.45, 2.75) is 0 Å². The number of nitrogens with two attached hydrogens (primary N) is 1. The van der Waals surface area contributed by atoms with E-state index in [4.69, 9.17) is 5.73 Å². The molecule has 2 rings (SSSR count). The average Bonchev–Trinajstić information content (AvgIpc) is 2.41. The number of fused-ring (bicyclic) bond motifs is 1. The zero-order valence-electron chi connectivity index (χ0n) is 7.62. The van der Waals surface area contributed by atoms with Crippen molar-refractivity contribution in [3.8, 4) is 0 Å². The van der Waals surface area contributed by atoms with E-state index in [2.05, 4.69) is 0 Å². The first kappa shape index (κ1) is 8.74. The predicted molar refractivity (Wildman–Crippen MR) is 51.4 cm³/mol. The fourth-order valence-corrected chi connectivity index (χ4v) is 1.60. The second kappa shape index (κ2) is 2.83. The monoisotopic (exact) mass is 192 g/mol. The van der Waals surface area contributed by atoms with Crippen molar-refractivity contribution < 1.29 is 9.18 Å². The first-order valence-electron chi connectivity index (χ1n) is 4.15. The highest BCUT2D eigenvalue weighted by atomic mass is 19.1. The molecule has 3 nitrogen and oxygen atoms in total. The molecule has 0 bridgehead atoms. The molecule has 0 spiro atoms. The highest BCUT2D eigenvalue weighted by Crippen LogP contribution is 2.23. The molecule has 0 aliphatic rings. The highest BCUT2D eigenvalue weighted by molar-refractivity contribution is 6.06. The van der Waals surface area contributed by atoms with E-state index in [1.165, 1.54) is 4.57 Å².